The lowest BCUT2D eigenvalue weighted by Crippen LogP contribution is -2.61. The maximum atomic E-state index is 6.46. The molecule has 2 fully saturated rings. The second kappa shape index (κ2) is 10.8. The van der Waals surface area contributed by atoms with Crippen LogP contribution in [0.2, 0.25) is 0 Å². The summed E-state index contributed by atoms with van der Waals surface area (Å²) in [5, 5.41) is 0. The Kier molecular flexibility index (Phi) is 7.41. The fourth-order valence-electron chi connectivity index (χ4n) is 4.24. The van der Waals surface area contributed by atoms with Crippen LogP contribution in [0.3, 0.4) is 0 Å². The largest absolute Gasteiger partial charge is 0.368 e. The molecule has 0 aliphatic carbocycles. The number of benzene rings is 3. The number of thiol groups is 1. The van der Waals surface area contributed by atoms with Gasteiger partial charge in [0.15, 0.2) is 6.29 Å². The van der Waals surface area contributed by atoms with Gasteiger partial charge in [-0.2, -0.15) is 0 Å². The minimum atomic E-state index is -0.481. The van der Waals surface area contributed by atoms with Crippen LogP contribution in [0.15, 0.2) is 91.0 Å². The molecule has 1 unspecified atom stereocenters. The van der Waals surface area contributed by atoms with Crippen LogP contribution in [-0.4, -0.2) is 36.5 Å². The molecule has 5 nitrogen and oxygen atoms in total. The predicted molar refractivity (Wildman–Crippen MR) is 128 cm³/mol. The molecule has 0 bridgehead atoms. The van der Waals surface area contributed by atoms with E-state index in [2.05, 4.69) is 0 Å². The predicted octanol–water partition coefficient (Wildman–Crippen LogP) is 4.93. The van der Waals surface area contributed by atoms with E-state index in [1.807, 2.05) is 91.0 Å². The first-order valence-electron chi connectivity index (χ1n) is 11.2. The van der Waals surface area contributed by atoms with Crippen LogP contribution in [0, 0.1) is 0 Å². The van der Waals surface area contributed by atoms with Gasteiger partial charge in [-0.3, -0.25) is 0 Å². The molecule has 2 aliphatic heterocycles. The van der Waals surface area contributed by atoms with Crippen molar-refractivity contribution < 1.29 is 23.7 Å². The van der Waals surface area contributed by atoms with Crippen LogP contribution in [-0.2, 0) is 36.9 Å². The molecule has 0 radical (unpaired) electrons. The summed E-state index contributed by atoms with van der Waals surface area (Å²) in [6.07, 6.45) is -1.90. The van der Waals surface area contributed by atoms with Gasteiger partial charge in [-0.05, 0) is 11.1 Å². The lowest BCUT2D eigenvalue weighted by Gasteiger charge is -2.48. The van der Waals surface area contributed by atoms with E-state index in [-0.39, 0.29) is 18.3 Å². The fourth-order valence-corrected chi connectivity index (χ4v) is 4.66. The maximum absolute atomic E-state index is 6.46. The zero-order valence-electron chi connectivity index (χ0n) is 18.2. The summed E-state index contributed by atoms with van der Waals surface area (Å²) in [4.78, 5) is 0. The Morgan fingerprint density at radius 2 is 1.24 bits per heavy atom. The van der Waals surface area contributed by atoms with Crippen LogP contribution in [0.1, 0.15) is 23.0 Å². The van der Waals surface area contributed by atoms with Gasteiger partial charge in [-0.15, -0.1) is 12.6 Å². The van der Waals surface area contributed by atoms with Crippen LogP contribution >= 0.6 is 12.6 Å². The first-order valence-corrected chi connectivity index (χ1v) is 11.8. The third kappa shape index (κ3) is 5.49. The van der Waals surface area contributed by atoms with Crippen LogP contribution in [0.25, 0.3) is 0 Å². The average molecular weight is 465 g/mol. The van der Waals surface area contributed by atoms with Gasteiger partial charge in [0, 0.05) is 5.56 Å². The summed E-state index contributed by atoms with van der Waals surface area (Å²) in [6.45, 7) is 1.28. The monoisotopic (exact) mass is 464 g/mol. The molecule has 33 heavy (non-hydrogen) atoms. The Balaban J connectivity index is 1.36. The Labute approximate surface area is 200 Å². The Bertz CT molecular complexity index is 987. The molecular formula is C27H28O5S. The van der Waals surface area contributed by atoms with E-state index in [0.29, 0.717) is 19.8 Å². The molecule has 172 valence electrons. The van der Waals surface area contributed by atoms with Gasteiger partial charge in [0.2, 0.25) is 0 Å². The number of ether oxygens (including phenoxy) is 5. The van der Waals surface area contributed by atoms with E-state index in [0.717, 1.165) is 16.7 Å². The van der Waals surface area contributed by atoms with Crippen LogP contribution in [0.4, 0.5) is 0 Å². The Hall–Kier alpha value is -2.19. The normalized spacial score (nSPS) is 29.4. The van der Waals surface area contributed by atoms with Crippen molar-refractivity contribution >= 4 is 12.6 Å². The van der Waals surface area contributed by atoms with Crippen molar-refractivity contribution in [2.45, 2.75) is 49.4 Å². The summed E-state index contributed by atoms with van der Waals surface area (Å²) >= 11 is 4.71. The van der Waals surface area contributed by atoms with Crippen molar-refractivity contribution in [1.82, 2.24) is 0 Å². The van der Waals surface area contributed by atoms with Gasteiger partial charge >= 0.3 is 0 Å². The summed E-state index contributed by atoms with van der Waals surface area (Å²) in [5.74, 6) is 0. The molecule has 3 aromatic carbocycles. The quantitative estimate of drug-likeness (QED) is 0.503. The zero-order valence-corrected chi connectivity index (χ0v) is 19.1. The van der Waals surface area contributed by atoms with Crippen LogP contribution < -0.4 is 0 Å². The molecule has 2 heterocycles. The first-order chi connectivity index (χ1) is 16.3. The smallest absolute Gasteiger partial charge is 0.184 e. The highest BCUT2D eigenvalue weighted by atomic mass is 32.1. The molecule has 0 aromatic heterocycles. The standard InChI is InChI=1S/C27H28O5S/c33-27-25(29-17-20-12-6-2-7-13-20)24(28-16-19-10-4-1-5-11-19)23-22(31-27)18-30-26(32-23)21-14-8-3-9-15-21/h1-15,22-27,33H,16-18H2/t22-,23-,24+,25-,26?,27+/m1/s1. The topological polar surface area (TPSA) is 46.2 Å². The van der Waals surface area contributed by atoms with Gasteiger partial charge in [-0.25, -0.2) is 0 Å². The lowest BCUT2D eigenvalue weighted by atomic mass is 9.98. The van der Waals surface area contributed by atoms with Crippen molar-refractivity contribution in [2.24, 2.45) is 0 Å². The molecule has 6 atom stereocenters. The van der Waals surface area contributed by atoms with E-state index in [9.17, 15) is 0 Å². The van der Waals surface area contributed by atoms with Gasteiger partial charge in [-0.1, -0.05) is 91.0 Å². The molecule has 0 spiro atoms. The fraction of sp³-hybridized carbons (Fsp3) is 0.333. The molecule has 2 aliphatic rings. The number of hydrogen-bond donors (Lipinski definition) is 1. The van der Waals surface area contributed by atoms with E-state index in [1.165, 1.54) is 0 Å². The Morgan fingerprint density at radius 3 is 1.85 bits per heavy atom. The summed E-state index contributed by atoms with van der Waals surface area (Å²) in [5.41, 5.74) is 2.67. The number of rotatable bonds is 7. The first kappa shape index (κ1) is 22.6. The van der Waals surface area contributed by atoms with E-state index in [1.54, 1.807) is 0 Å². The minimum absolute atomic E-state index is 0.287. The second-order valence-corrected chi connectivity index (χ2v) is 8.77. The van der Waals surface area contributed by atoms with Gasteiger partial charge in [0.05, 0.1) is 19.8 Å². The SMILES string of the molecule is S[C@@H]1O[C@@H]2COC(c3ccccc3)O[C@H]2[C@H](OCc2ccccc2)[C@H]1OCc1ccccc1. The Morgan fingerprint density at radius 1 is 0.697 bits per heavy atom. The molecule has 5 rings (SSSR count). The summed E-state index contributed by atoms with van der Waals surface area (Å²) < 4.78 is 31.4. The minimum Gasteiger partial charge on any atom is -0.368 e. The third-order valence-corrected chi connectivity index (χ3v) is 6.36. The van der Waals surface area contributed by atoms with Crippen LogP contribution in [0.5, 0.6) is 0 Å². The van der Waals surface area contributed by atoms with Crippen molar-refractivity contribution in [1.29, 1.82) is 0 Å². The van der Waals surface area contributed by atoms with Crippen molar-refractivity contribution in [3.8, 4) is 0 Å². The van der Waals surface area contributed by atoms with Crippen molar-refractivity contribution in [3.63, 3.8) is 0 Å². The van der Waals surface area contributed by atoms with Gasteiger partial charge in [0.25, 0.3) is 0 Å². The lowest BCUT2D eigenvalue weighted by molar-refractivity contribution is -0.329. The highest BCUT2D eigenvalue weighted by molar-refractivity contribution is 7.80. The molecule has 0 N–H and O–H groups in total. The number of hydrogen-bond acceptors (Lipinski definition) is 6. The molecule has 0 saturated carbocycles. The highest BCUT2D eigenvalue weighted by Crippen LogP contribution is 2.37. The summed E-state index contributed by atoms with van der Waals surface area (Å²) in [6, 6.07) is 30.1. The maximum Gasteiger partial charge on any atom is 0.184 e. The average Bonchev–Trinajstić information content (AvgIpc) is 2.88. The summed E-state index contributed by atoms with van der Waals surface area (Å²) in [7, 11) is 0. The molecular weight excluding hydrogens is 436 g/mol. The van der Waals surface area contributed by atoms with Crippen molar-refractivity contribution in [2.75, 3.05) is 6.61 Å². The van der Waals surface area contributed by atoms with E-state index >= 15 is 0 Å². The van der Waals surface area contributed by atoms with E-state index < -0.39 is 17.8 Å². The molecule has 2 saturated heterocycles. The highest BCUT2D eigenvalue weighted by Gasteiger charge is 2.50. The second-order valence-electron chi connectivity index (χ2n) is 8.26. The molecule has 6 heteroatoms. The van der Waals surface area contributed by atoms with E-state index in [4.69, 9.17) is 36.3 Å². The zero-order chi connectivity index (χ0) is 22.5. The van der Waals surface area contributed by atoms with Gasteiger partial charge in [0.1, 0.15) is 29.9 Å². The number of fused-ring (bicyclic) bond motifs is 1. The molecule has 0 amide bonds. The molecule has 3 aromatic rings. The third-order valence-electron chi connectivity index (χ3n) is 5.94. The van der Waals surface area contributed by atoms with Crippen molar-refractivity contribution in [3.05, 3.63) is 108 Å². The van der Waals surface area contributed by atoms with Gasteiger partial charge < -0.3 is 23.7 Å².